The topological polar surface area (TPSA) is 3.24 Å². The standard InChI is InChI=1S/C22H19NS/c1-2-10-19(11-3-1)22-20-12-6-4-8-17(20)14-15-23(22)16-18-9-5-7-13-21(18)24-22/h1-13H,14-16H2/t22-/m0/s1. The third-order valence-electron chi connectivity index (χ3n) is 5.24. The minimum atomic E-state index is -0.107. The van der Waals surface area contributed by atoms with E-state index in [0.717, 1.165) is 19.5 Å². The Kier molecular flexibility index (Phi) is 3.29. The highest BCUT2D eigenvalue weighted by molar-refractivity contribution is 8.00. The molecule has 3 aromatic rings. The zero-order valence-corrected chi connectivity index (χ0v) is 14.3. The summed E-state index contributed by atoms with van der Waals surface area (Å²) in [4.78, 5) is 3.97. The summed E-state index contributed by atoms with van der Waals surface area (Å²) < 4.78 is 0. The summed E-state index contributed by atoms with van der Waals surface area (Å²) in [6.45, 7) is 2.12. The molecule has 0 amide bonds. The molecule has 2 heterocycles. The largest absolute Gasteiger partial charge is 0.276 e. The molecule has 0 aromatic heterocycles. The van der Waals surface area contributed by atoms with Gasteiger partial charge < -0.3 is 0 Å². The molecule has 24 heavy (non-hydrogen) atoms. The molecule has 2 aliphatic rings. The predicted molar refractivity (Wildman–Crippen MR) is 100 cm³/mol. The van der Waals surface area contributed by atoms with Crippen LogP contribution in [0.5, 0.6) is 0 Å². The van der Waals surface area contributed by atoms with Crippen molar-refractivity contribution in [1.82, 2.24) is 4.90 Å². The van der Waals surface area contributed by atoms with Gasteiger partial charge in [-0.3, -0.25) is 4.90 Å². The van der Waals surface area contributed by atoms with Crippen LogP contribution in [0.1, 0.15) is 22.3 Å². The van der Waals surface area contributed by atoms with Crippen molar-refractivity contribution < 1.29 is 0 Å². The van der Waals surface area contributed by atoms with E-state index in [2.05, 4.69) is 83.8 Å². The summed E-state index contributed by atoms with van der Waals surface area (Å²) >= 11 is 2.01. The third kappa shape index (κ3) is 2.00. The third-order valence-corrected chi connectivity index (χ3v) is 6.86. The molecule has 0 saturated heterocycles. The molecule has 5 rings (SSSR count). The van der Waals surface area contributed by atoms with E-state index in [4.69, 9.17) is 0 Å². The minimum Gasteiger partial charge on any atom is -0.276 e. The zero-order chi connectivity index (χ0) is 16.0. The maximum atomic E-state index is 2.66. The van der Waals surface area contributed by atoms with Gasteiger partial charge in [-0.05, 0) is 34.7 Å². The molecular formula is C22H19NS. The van der Waals surface area contributed by atoms with Crippen LogP contribution in [0.4, 0.5) is 0 Å². The number of hydrogen-bond acceptors (Lipinski definition) is 2. The fraction of sp³-hybridized carbons (Fsp3) is 0.182. The van der Waals surface area contributed by atoms with Gasteiger partial charge >= 0.3 is 0 Å². The first-order chi connectivity index (χ1) is 11.9. The Morgan fingerprint density at radius 1 is 0.750 bits per heavy atom. The zero-order valence-electron chi connectivity index (χ0n) is 13.5. The molecule has 0 N–H and O–H groups in total. The molecule has 1 atom stereocenters. The molecule has 0 fully saturated rings. The number of rotatable bonds is 1. The summed E-state index contributed by atoms with van der Waals surface area (Å²) in [6.07, 6.45) is 1.13. The van der Waals surface area contributed by atoms with E-state index in [1.54, 1.807) is 0 Å². The fourth-order valence-electron chi connectivity index (χ4n) is 4.12. The van der Waals surface area contributed by atoms with Gasteiger partial charge in [0.05, 0.1) is 0 Å². The molecule has 2 heteroatoms. The molecule has 0 spiro atoms. The van der Waals surface area contributed by atoms with Crippen molar-refractivity contribution in [2.24, 2.45) is 0 Å². The molecule has 0 unspecified atom stereocenters. The van der Waals surface area contributed by atoms with Crippen LogP contribution in [-0.4, -0.2) is 11.4 Å². The average molecular weight is 329 g/mol. The maximum absolute atomic E-state index is 2.66. The van der Waals surface area contributed by atoms with Gasteiger partial charge in [-0.15, -0.1) is 0 Å². The first-order valence-electron chi connectivity index (χ1n) is 8.54. The van der Waals surface area contributed by atoms with Crippen molar-refractivity contribution in [3.63, 3.8) is 0 Å². The van der Waals surface area contributed by atoms with Crippen molar-refractivity contribution in [1.29, 1.82) is 0 Å². The summed E-state index contributed by atoms with van der Waals surface area (Å²) in [6, 6.07) is 28.9. The SMILES string of the molecule is c1ccc([C@@]23Sc4ccccc4CN2CCc2ccccc23)cc1. The van der Waals surface area contributed by atoms with Crippen LogP contribution < -0.4 is 0 Å². The quantitative estimate of drug-likeness (QED) is 0.614. The molecular weight excluding hydrogens is 310 g/mol. The second-order valence-corrected chi connectivity index (χ2v) is 7.78. The van der Waals surface area contributed by atoms with Gasteiger partial charge in [-0.1, -0.05) is 84.6 Å². The van der Waals surface area contributed by atoms with Crippen molar-refractivity contribution in [3.05, 3.63) is 101 Å². The number of nitrogens with zero attached hydrogens (tertiary/aromatic N) is 1. The van der Waals surface area contributed by atoms with E-state index in [1.807, 2.05) is 11.8 Å². The molecule has 0 aliphatic carbocycles. The average Bonchev–Trinajstić information content (AvgIpc) is 2.67. The van der Waals surface area contributed by atoms with Crippen molar-refractivity contribution in [2.45, 2.75) is 22.7 Å². The van der Waals surface area contributed by atoms with Gasteiger partial charge in [0.2, 0.25) is 0 Å². The first-order valence-corrected chi connectivity index (χ1v) is 9.35. The summed E-state index contributed by atoms with van der Waals surface area (Å²) in [5, 5.41) is 0. The van der Waals surface area contributed by atoms with Gasteiger partial charge in [0.25, 0.3) is 0 Å². The number of benzene rings is 3. The minimum absolute atomic E-state index is 0.107. The van der Waals surface area contributed by atoms with Gasteiger partial charge in [-0.2, -0.15) is 0 Å². The predicted octanol–water partition coefficient (Wildman–Crippen LogP) is 5.05. The van der Waals surface area contributed by atoms with Crippen LogP contribution in [-0.2, 0) is 17.8 Å². The van der Waals surface area contributed by atoms with Gasteiger partial charge in [0, 0.05) is 18.0 Å². The highest BCUT2D eigenvalue weighted by Crippen LogP contribution is 2.55. The Morgan fingerprint density at radius 2 is 1.46 bits per heavy atom. The Bertz CT molecular complexity index is 889. The second-order valence-electron chi connectivity index (χ2n) is 6.55. The smallest absolute Gasteiger partial charge is 0.124 e. The van der Waals surface area contributed by atoms with Crippen LogP contribution in [0.25, 0.3) is 0 Å². The van der Waals surface area contributed by atoms with E-state index < -0.39 is 0 Å². The Hall–Kier alpha value is -2.03. The Balaban J connectivity index is 1.79. The highest BCUT2D eigenvalue weighted by Gasteiger charge is 2.47. The summed E-state index contributed by atoms with van der Waals surface area (Å²) in [5.74, 6) is 0. The molecule has 3 aromatic carbocycles. The lowest BCUT2D eigenvalue weighted by Gasteiger charge is -2.51. The number of thioether (sulfide) groups is 1. The fourth-order valence-corrected chi connectivity index (χ4v) is 5.70. The van der Waals surface area contributed by atoms with E-state index in [-0.39, 0.29) is 4.87 Å². The van der Waals surface area contributed by atoms with E-state index >= 15 is 0 Å². The molecule has 2 aliphatic heterocycles. The van der Waals surface area contributed by atoms with Crippen LogP contribution in [0, 0.1) is 0 Å². The summed E-state index contributed by atoms with van der Waals surface area (Å²) in [7, 11) is 0. The monoisotopic (exact) mass is 329 g/mol. The molecule has 118 valence electrons. The Labute approximate surface area is 147 Å². The lowest BCUT2D eigenvalue weighted by atomic mass is 9.87. The number of fused-ring (bicyclic) bond motifs is 4. The number of hydrogen-bond donors (Lipinski definition) is 0. The van der Waals surface area contributed by atoms with Crippen LogP contribution >= 0.6 is 11.8 Å². The van der Waals surface area contributed by atoms with Crippen molar-refractivity contribution in [2.75, 3.05) is 6.54 Å². The molecule has 0 saturated carbocycles. The van der Waals surface area contributed by atoms with Crippen molar-refractivity contribution in [3.8, 4) is 0 Å². The molecule has 0 radical (unpaired) electrons. The normalized spacial score (nSPS) is 22.3. The lowest BCUT2D eigenvalue weighted by molar-refractivity contribution is 0.170. The lowest BCUT2D eigenvalue weighted by Crippen LogP contribution is -2.50. The molecule has 1 nitrogen and oxygen atoms in total. The van der Waals surface area contributed by atoms with Crippen LogP contribution in [0.3, 0.4) is 0 Å². The summed E-state index contributed by atoms with van der Waals surface area (Å²) in [5.41, 5.74) is 5.79. The van der Waals surface area contributed by atoms with E-state index in [0.29, 0.717) is 0 Å². The second kappa shape index (κ2) is 5.51. The maximum Gasteiger partial charge on any atom is 0.124 e. The van der Waals surface area contributed by atoms with Crippen LogP contribution in [0.15, 0.2) is 83.8 Å². The Morgan fingerprint density at radius 3 is 2.33 bits per heavy atom. The van der Waals surface area contributed by atoms with Gasteiger partial charge in [-0.25, -0.2) is 0 Å². The van der Waals surface area contributed by atoms with E-state index in [1.165, 1.54) is 27.1 Å². The van der Waals surface area contributed by atoms with E-state index in [9.17, 15) is 0 Å². The van der Waals surface area contributed by atoms with Crippen molar-refractivity contribution >= 4 is 11.8 Å². The first kappa shape index (κ1) is 14.3. The van der Waals surface area contributed by atoms with Crippen LogP contribution in [0.2, 0.25) is 0 Å². The van der Waals surface area contributed by atoms with Gasteiger partial charge in [0.1, 0.15) is 4.87 Å². The molecule has 0 bridgehead atoms. The van der Waals surface area contributed by atoms with Gasteiger partial charge in [0.15, 0.2) is 0 Å². The highest BCUT2D eigenvalue weighted by atomic mass is 32.2.